The first-order valence-electron chi connectivity index (χ1n) is 4.27. The molecule has 1 aliphatic heterocycles. The van der Waals surface area contributed by atoms with Gasteiger partial charge in [0.15, 0.2) is 0 Å². The molecule has 0 radical (unpaired) electrons. The third-order valence-corrected chi connectivity index (χ3v) is 2.18. The van der Waals surface area contributed by atoms with E-state index in [-0.39, 0.29) is 0 Å². The molecule has 0 fully saturated rings. The molecule has 1 heterocycles. The summed E-state index contributed by atoms with van der Waals surface area (Å²) in [6.07, 6.45) is 1.95. The van der Waals surface area contributed by atoms with Gasteiger partial charge in [0.05, 0.1) is 6.67 Å². The van der Waals surface area contributed by atoms with E-state index >= 15 is 0 Å². The normalized spacial score (nSPS) is 16.2. The Hall–Kier alpha value is -1.64. The van der Waals surface area contributed by atoms with Gasteiger partial charge in [-0.2, -0.15) is 0 Å². The lowest BCUT2D eigenvalue weighted by Crippen LogP contribution is -2.24. The summed E-state index contributed by atoms with van der Waals surface area (Å²) in [4.78, 5) is 4.13. The Bertz CT molecular complexity index is 318. The maximum Gasteiger partial charge on any atom is 0.117 e. The molecule has 68 valence electrons. The van der Waals surface area contributed by atoms with E-state index in [0.29, 0.717) is 0 Å². The van der Waals surface area contributed by atoms with Gasteiger partial charge in [-0.15, -0.1) is 0 Å². The van der Waals surface area contributed by atoms with Crippen molar-refractivity contribution >= 4 is 5.69 Å². The van der Waals surface area contributed by atoms with Crippen LogP contribution in [0.5, 0.6) is 0 Å². The van der Waals surface area contributed by atoms with Crippen molar-refractivity contribution in [2.75, 3.05) is 18.6 Å². The molecule has 0 bridgehead atoms. The average molecular weight is 175 g/mol. The van der Waals surface area contributed by atoms with E-state index in [2.05, 4.69) is 17.0 Å². The Morgan fingerprint density at radius 2 is 1.92 bits per heavy atom. The summed E-state index contributed by atoms with van der Waals surface area (Å²) >= 11 is 0. The number of hydrogen-bond acceptors (Lipinski definition) is 3. The van der Waals surface area contributed by atoms with Crippen LogP contribution in [0.1, 0.15) is 0 Å². The predicted molar refractivity (Wildman–Crippen MR) is 53.8 cm³/mol. The highest BCUT2D eigenvalue weighted by atomic mass is 15.4. The number of hydrogen-bond donors (Lipinski definition) is 1. The average Bonchev–Trinajstić information content (AvgIpc) is 2.49. The van der Waals surface area contributed by atoms with Crippen LogP contribution in [0.3, 0.4) is 0 Å². The van der Waals surface area contributed by atoms with E-state index in [9.17, 15) is 0 Å². The first kappa shape index (κ1) is 7.98. The van der Waals surface area contributed by atoms with Gasteiger partial charge in [0.25, 0.3) is 0 Å². The highest BCUT2D eigenvalue weighted by Gasteiger charge is 2.15. The molecule has 0 aromatic heterocycles. The lowest BCUT2D eigenvalue weighted by Gasteiger charge is -2.17. The Labute approximate surface area is 78.1 Å². The highest BCUT2D eigenvalue weighted by Crippen LogP contribution is 2.19. The van der Waals surface area contributed by atoms with Crippen molar-refractivity contribution < 1.29 is 0 Å². The smallest absolute Gasteiger partial charge is 0.117 e. The van der Waals surface area contributed by atoms with Crippen molar-refractivity contribution in [3.8, 4) is 0 Å². The zero-order valence-corrected chi connectivity index (χ0v) is 7.64. The molecule has 0 saturated carbocycles. The van der Waals surface area contributed by atoms with Gasteiger partial charge in [0.2, 0.25) is 0 Å². The van der Waals surface area contributed by atoms with Crippen LogP contribution in [0.4, 0.5) is 5.69 Å². The molecule has 1 aliphatic rings. The maximum absolute atomic E-state index is 5.75. The SMILES string of the molecule is CN1CN(c2ccccc2)C=C1N. The molecule has 13 heavy (non-hydrogen) atoms. The van der Waals surface area contributed by atoms with Crippen LogP contribution in [0, 0.1) is 0 Å². The second-order valence-electron chi connectivity index (χ2n) is 3.20. The van der Waals surface area contributed by atoms with Crippen molar-refractivity contribution in [2.24, 2.45) is 5.73 Å². The Balaban J connectivity index is 2.22. The first-order chi connectivity index (χ1) is 6.27. The van der Waals surface area contributed by atoms with Gasteiger partial charge >= 0.3 is 0 Å². The fourth-order valence-electron chi connectivity index (χ4n) is 1.38. The van der Waals surface area contributed by atoms with Gasteiger partial charge in [-0.3, -0.25) is 0 Å². The fraction of sp³-hybridized carbons (Fsp3) is 0.200. The zero-order chi connectivity index (χ0) is 9.26. The minimum Gasteiger partial charge on any atom is -0.384 e. The van der Waals surface area contributed by atoms with Crippen LogP contribution in [0.25, 0.3) is 0 Å². The van der Waals surface area contributed by atoms with Crippen molar-refractivity contribution in [3.63, 3.8) is 0 Å². The van der Waals surface area contributed by atoms with Crippen LogP contribution < -0.4 is 10.6 Å². The summed E-state index contributed by atoms with van der Waals surface area (Å²) < 4.78 is 0. The number of rotatable bonds is 1. The summed E-state index contributed by atoms with van der Waals surface area (Å²) in [6, 6.07) is 10.2. The molecule has 3 heteroatoms. The molecule has 0 atom stereocenters. The largest absolute Gasteiger partial charge is 0.384 e. The van der Waals surface area contributed by atoms with Gasteiger partial charge < -0.3 is 15.5 Å². The molecule has 0 amide bonds. The van der Waals surface area contributed by atoms with Gasteiger partial charge in [-0.1, -0.05) is 18.2 Å². The van der Waals surface area contributed by atoms with Gasteiger partial charge in [0, 0.05) is 18.9 Å². The molecule has 0 spiro atoms. The van der Waals surface area contributed by atoms with Crippen LogP contribution in [0.2, 0.25) is 0 Å². The third-order valence-electron chi connectivity index (χ3n) is 2.18. The molecule has 1 aromatic rings. The molecule has 3 nitrogen and oxygen atoms in total. The standard InChI is InChI=1S/C10H13N3/c1-12-8-13(7-10(12)11)9-5-3-2-4-6-9/h2-7H,8,11H2,1H3. The Kier molecular flexibility index (Phi) is 1.85. The minimum absolute atomic E-state index is 0.809. The van der Waals surface area contributed by atoms with E-state index in [1.165, 1.54) is 5.69 Å². The van der Waals surface area contributed by atoms with E-state index < -0.39 is 0 Å². The van der Waals surface area contributed by atoms with E-state index in [4.69, 9.17) is 5.73 Å². The number of nitrogens with zero attached hydrogens (tertiary/aromatic N) is 2. The minimum atomic E-state index is 0.809. The van der Waals surface area contributed by atoms with Gasteiger partial charge in [0.1, 0.15) is 5.82 Å². The lowest BCUT2D eigenvalue weighted by atomic mass is 10.3. The fourth-order valence-corrected chi connectivity index (χ4v) is 1.38. The summed E-state index contributed by atoms with van der Waals surface area (Å²) in [5.41, 5.74) is 6.93. The summed E-state index contributed by atoms with van der Waals surface area (Å²) in [6.45, 7) is 0.829. The molecule has 2 rings (SSSR count). The van der Waals surface area contributed by atoms with Gasteiger partial charge in [-0.05, 0) is 12.1 Å². The number of benzene rings is 1. The lowest BCUT2D eigenvalue weighted by molar-refractivity contribution is 0.454. The second-order valence-corrected chi connectivity index (χ2v) is 3.20. The third kappa shape index (κ3) is 1.45. The molecule has 0 unspecified atom stereocenters. The summed E-state index contributed by atoms with van der Waals surface area (Å²) in [5, 5.41) is 0. The zero-order valence-electron chi connectivity index (χ0n) is 7.64. The Morgan fingerprint density at radius 1 is 1.23 bits per heavy atom. The second kappa shape index (κ2) is 3.01. The molecule has 1 aromatic carbocycles. The predicted octanol–water partition coefficient (Wildman–Crippen LogP) is 1.15. The number of para-hydroxylation sites is 1. The quantitative estimate of drug-likeness (QED) is 0.695. The molecular formula is C10H13N3. The highest BCUT2D eigenvalue weighted by molar-refractivity contribution is 5.50. The van der Waals surface area contributed by atoms with Crippen molar-refractivity contribution in [3.05, 3.63) is 42.4 Å². The van der Waals surface area contributed by atoms with Crippen LogP contribution >= 0.6 is 0 Å². The van der Waals surface area contributed by atoms with Crippen molar-refractivity contribution in [1.82, 2.24) is 4.90 Å². The molecule has 0 aliphatic carbocycles. The molecule has 0 saturated heterocycles. The molecule has 2 N–H and O–H groups in total. The summed E-state index contributed by atoms with van der Waals surface area (Å²) in [7, 11) is 1.98. The van der Waals surface area contributed by atoms with Crippen LogP contribution in [0.15, 0.2) is 42.4 Å². The number of nitrogens with two attached hydrogens (primary N) is 1. The topological polar surface area (TPSA) is 32.5 Å². The van der Waals surface area contributed by atoms with Crippen molar-refractivity contribution in [2.45, 2.75) is 0 Å². The van der Waals surface area contributed by atoms with Crippen molar-refractivity contribution in [1.29, 1.82) is 0 Å². The molecular weight excluding hydrogens is 162 g/mol. The monoisotopic (exact) mass is 175 g/mol. The number of anilines is 1. The summed E-state index contributed by atoms with van der Waals surface area (Å²) in [5.74, 6) is 0.809. The van der Waals surface area contributed by atoms with Crippen LogP contribution in [-0.4, -0.2) is 18.6 Å². The van der Waals surface area contributed by atoms with E-state index in [1.807, 2.05) is 36.3 Å². The van der Waals surface area contributed by atoms with E-state index in [0.717, 1.165) is 12.5 Å². The van der Waals surface area contributed by atoms with Crippen LogP contribution in [-0.2, 0) is 0 Å². The Morgan fingerprint density at radius 3 is 2.46 bits per heavy atom. The van der Waals surface area contributed by atoms with Gasteiger partial charge in [-0.25, -0.2) is 0 Å². The van der Waals surface area contributed by atoms with E-state index in [1.54, 1.807) is 0 Å². The first-order valence-corrected chi connectivity index (χ1v) is 4.27. The maximum atomic E-state index is 5.75.